The summed E-state index contributed by atoms with van der Waals surface area (Å²) < 4.78 is 5.61. The third-order valence-electron chi connectivity index (χ3n) is 4.41. The fourth-order valence-electron chi connectivity index (χ4n) is 3.13. The lowest BCUT2D eigenvalue weighted by molar-refractivity contribution is 0.0697. The standard InChI is InChI=1S/C21H16N2O4S/c1-11-9-22-19(12(2)23-11)20-18(21(25)26)14(10-28-20)7-15(24)17-8-13-5-3-4-6-16(13)27-17/h3-6,8-10H,7H2,1-2H3,(H,25,26). The second kappa shape index (κ2) is 7.01. The van der Waals surface area contributed by atoms with Crippen molar-refractivity contribution in [3.8, 4) is 10.6 Å². The molecule has 0 aliphatic rings. The van der Waals surface area contributed by atoms with E-state index in [1.54, 1.807) is 30.6 Å². The molecule has 0 unspecified atom stereocenters. The van der Waals surface area contributed by atoms with E-state index in [-0.39, 0.29) is 23.5 Å². The highest BCUT2D eigenvalue weighted by molar-refractivity contribution is 7.14. The van der Waals surface area contributed by atoms with E-state index in [4.69, 9.17) is 4.42 Å². The monoisotopic (exact) mass is 392 g/mol. The summed E-state index contributed by atoms with van der Waals surface area (Å²) in [6, 6.07) is 9.03. The van der Waals surface area contributed by atoms with Gasteiger partial charge in [0.2, 0.25) is 5.78 Å². The van der Waals surface area contributed by atoms with Gasteiger partial charge in [-0.15, -0.1) is 11.3 Å². The van der Waals surface area contributed by atoms with Crippen LogP contribution in [0.15, 0.2) is 46.3 Å². The molecule has 0 fully saturated rings. The Morgan fingerprint density at radius 1 is 1.21 bits per heavy atom. The SMILES string of the molecule is Cc1cnc(-c2scc(CC(=O)c3cc4ccccc4o3)c2C(=O)O)c(C)n1. The molecule has 0 amide bonds. The van der Waals surface area contributed by atoms with Crippen LogP contribution in [-0.4, -0.2) is 26.8 Å². The number of nitrogens with zero attached hydrogens (tertiary/aromatic N) is 2. The molecule has 0 aliphatic carbocycles. The maximum atomic E-state index is 12.7. The van der Waals surface area contributed by atoms with Gasteiger partial charge in [0.1, 0.15) is 11.3 Å². The van der Waals surface area contributed by atoms with Gasteiger partial charge in [-0.25, -0.2) is 4.79 Å². The molecule has 0 bridgehead atoms. The number of aromatic carboxylic acids is 1. The lowest BCUT2D eigenvalue weighted by atomic mass is 10.0. The second-order valence-electron chi connectivity index (χ2n) is 6.46. The van der Waals surface area contributed by atoms with Gasteiger partial charge in [-0.05, 0) is 36.9 Å². The number of aryl methyl sites for hydroxylation is 2. The molecule has 4 rings (SSSR count). The van der Waals surface area contributed by atoms with E-state index in [1.807, 2.05) is 25.1 Å². The van der Waals surface area contributed by atoms with E-state index in [2.05, 4.69) is 9.97 Å². The van der Waals surface area contributed by atoms with E-state index in [1.165, 1.54) is 11.3 Å². The Hall–Kier alpha value is -3.32. The summed E-state index contributed by atoms with van der Waals surface area (Å²) >= 11 is 1.25. The lowest BCUT2D eigenvalue weighted by Crippen LogP contribution is -2.08. The first-order valence-electron chi connectivity index (χ1n) is 8.60. The molecule has 0 radical (unpaired) electrons. The fourth-order valence-corrected chi connectivity index (χ4v) is 4.24. The highest BCUT2D eigenvalue weighted by atomic mass is 32.1. The Morgan fingerprint density at radius 2 is 2.00 bits per heavy atom. The van der Waals surface area contributed by atoms with Crippen molar-refractivity contribution < 1.29 is 19.1 Å². The van der Waals surface area contributed by atoms with Crippen molar-refractivity contribution >= 4 is 34.1 Å². The molecule has 140 valence electrons. The first-order chi connectivity index (χ1) is 13.4. The predicted octanol–water partition coefficient (Wildman–Crippen LogP) is 4.69. The molecule has 0 atom stereocenters. The number of furan rings is 1. The van der Waals surface area contributed by atoms with E-state index in [0.717, 1.165) is 11.1 Å². The third-order valence-corrected chi connectivity index (χ3v) is 5.45. The molecule has 0 saturated heterocycles. The molecule has 7 heteroatoms. The van der Waals surface area contributed by atoms with E-state index in [9.17, 15) is 14.7 Å². The summed E-state index contributed by atoms with van der Waals surface area (Å²) in [7, 11) is 0. The first-order valence-corrected chi connectivity index (χ1v) is 9.48. The summed E-state index contributed by atoms with van der Waals surface area (Å²) in [5, 5.41) is 12.3. The zero-order chi connectivity index (χ0) is 19.8. The molecule has 0 aliphatic heterocycles. The predicted molar refractivity (Wildman–Crippen MR) is 106 cm³/mol. The first kappa shape index (κ1) is 18.1. The number of carbonyl (C=O) groups excluding carboxylic acids is 1. The van der Waals surface area contributed by atoms with Crippen molar-refractivity contribution in [2.45, 2.75) is 20.3 Å². The van der Waals surface area contributed by atoms with Gasteiger partial charge >= 0.3 is 5.97 Å². The van der Waals surface area contributed by atoms with Crippen LogP contribution in [0.1, 0.15) is 37.9 Å². The number of carbonyl (C=O) groups is 2. The van der Waals surface area contributed by atoms with E-state index >= 15 is 0 Å². The number of benzene rings is 1. The molecule has 1 aromatic carbocycles. The number of hydrogen-bond donors (Lipinski definition) is 1. The smallest absolute Gasteiger partial charge is 0.337 e. The minimum absolute atomic E-state index is 0.0592. The highest BCUT2D eigenvalue weighted by Crippen LogP contribution is 2.34. The van der Waals surface area contributed by atoms with Crippen molar-refractivity contribution in [2.24, 2.45) is 0 Å². The van der Waals surface area contributed by atoms with Crippen molar-refractivity contribution in [1.82, 2.24) is 9.97 Å². The van der Waals surface area contributed by atoms with Crippen LogP contribution in [0.4, 0.5) is 0 Å². The Balaban J connectivity index is 1.71. The van der Waals surface area contributed by atoms with Gasteiger partial charge < -0.3 is 9.52 Å². The van der Waals surface area contributed by atoms with Crippen molar-refractivity contribution in [1.29, 1.82) is 0 Å². The number of fused-ring (bicyclic) bond motifs is 1. The molecular formula is C21H16N2O4S. The quantitative estimate of drug-likeness (QED) is 0.495. The molecular weight excluding hydrogens is 376 g/mol. The number of rotatable bonds is 5. The van der Waals surface area contributed by atoms with Crippen LogP contribution in [0, 0.1) is 13.8 Å². The van der Waals surface area contributed by atoms with Crippen LogP contribution in [0.3, 0.4) is 0 Å². The van der Waals surface area contributed by atoms with Gasteiger partial charge in [0.25, 0.3) is 0 Å². The number of thiophene rings is 1. The van der Waals surface area contributed by atoms with Gasteiger partial charge in [0, 0.05) is 18.0 Å². The number of ketones is 1. The van der Waals surface area contributed by atoms with Crippen LogP contribution in [0.5, 0.6) is 0 Å². The summed E-state index contributed by atoms with van der Waals surface area (Å²) in [5.74, 6) is -1.14. The minimum Gasteiger partial charge on any atom is -0.478 e. The van der Waals surface area contributed by atoms with E-state index in [0.29, 0.717) is 27.4 Å². The molecule has 3 aromatic heterocycles. The topological polar surface area (TPSA) is 93.3 Å². The number of Topliss-reactive ketones (excluding diaryl/α,β-unsaturated/α-hetero) is 1. The number of para-hydroxylation sites is 1. The zero-order valence-corrected chi connectivity index (χ0v) is 16.0. The van der Waals surface area contributed by atoms with Crippen molar-refractivity contribution in [3.05, 3.63) is 70.2 Å². The zero-order valence-electron chi connectivity index (χ0n) is 15.2. The number of hydrogen-bond acceptors (Lipinski definition) is 6. The Morgan fingerprint density at radius 3 is 2.71 bits per heavy atom. The molecule has 28 heavy (non-hydrogen) atoms. The van der Waals surface area contributed by atoms with Gasteiger partial charge in [-0.3, -0.25) is 14.8 Å². The summed E-state index contributed by atoms with van der Waals surface area (Å²) in [6.45, 7) is 3.62. The molecule has 3 heterocycles. The van der Waals surface area contributed by atoms with Crippen LogP contribution >= 0.6 is 11.3 Å². The third kappa shape index (κ3) is 3.20. The van der Waals surface area contributed by atoms with Gasteiger partial charge in [-0.2, -0.15) is 0 Å². The Bertz CT molecular complexity index is 1190. The molecule has 0 spiro atoms. The van der Waals surface area contributed by atoms with Crippen molar-refractivity contribution in [3.63, 3.8) is 0 Å². The van der Waals surface area contributed by atoms with Crippen LogP contribution in [0.2, 0.25) is 0 Å². The van der Waals surface area contributed by atoms with Crippen LogP contribution in [-0.2, 0) is 6.42 Å². The summed E-state index contributed by atoms with van der Waals surface area (Å²) in [5.41, 5.74) is 3.10. The average Bonchev–Trinajstić information content (AvgIpc) is 3.26. The van der Waals surface area contributed by atoms with Crippen LogP contribution in [0.25, 0.3) is 21.5 Å². The maximum absolute atomic E-state index is 12.7. The average molecular weight is 392 g/mol. The molecule has 4 aromatic rings. The fraction of sp³-hybridized carbons (Fsp3) is 0.143. The maximum Gasteiger partial charge on any atom is 0.337 e. The molecule has 6 nitrogen and oxygen atoms in total. The summed E-state index contributed by atoms with van der Waals surface area (Å²) in [4.78, 5) is 33.9. The van der Waals surface area contributed by atoms with Gasteiger partial charge in [0.15, 0.2) is 5.76 Å². The summed E-state index contributed by atoms with van der Waals surface area (Å²) in [6.07, 6.45) is 1.54. The van der Waals surface area contributed by atoms with Gasteiger partial charge in [0.05, 0.1) is 21.8 Å². The number of aromatic nitrogens is 2. The number of carboxylic acids is 1. The Kier molecular flexibility index (Phi) is 4.52. The largest absolute Gasteiger partial charge is 0.478 e. The number of carboxylic acid groups (broad SMARTS) is 1. The van der Waals surface area contributed by atoms with Crippen LogP contribution < -0.4 is 0 Å². The van der Waals surface area contributed by atoms with Gasteiger partial charge in [-0.1, -0.05) is 18.2 Å². The molecule has 0 saturated carbocycles. The normalized spacial score (nSPS) is 11.1. The van der Waals surface area contributed by atoms with E-state index < -0.39 is 5.97 Å². The highest BCUT2D eigenvalue weighted by Gasteiger charge is 2.24. The molecule has 1 N–H and O–H groups in total. The second-order valence-corrected chi connectivity index (χ2v) is 7.34. The minimum atomic E-state index is -1.09. The lowest BCUT2D eigenvalue weighted by Gasteiger charge is -2.05. The van der Waals surface area contributed by atoms with Crippen molar-refractivity contribution in [2.75, 3.05) is 0 Å². The Labute approximate surface area is 164 Å².